The van der Waals surface area contributed by atoms with Gasteiger partial charge in [-0.3, -0.25) is 4.68 Å². The molecule has 0 bridgehead atoms. The molecule has 1 saturated heterocycles. The lowest BCUT2D eigenvalue weighted by Gasteiger charge is -2.24. The number of aromatic nitrogens is 2. The van der Waals surface area contributed by atoms with E-state index in [1.54, 1.807) is 0 Å². The van der Waals surface area contributed by atoms with E-state index in [0.717, 1.165) is 6.42 Å². The molecule has 5 heteroatoms. The first kappa shape index (κ1) is 18.0. The molecule has 1 N–H and O–H groups in total. The Bertz CT molecular complexity index is 548. The van der Waals surface area contributed by atoms with Crippen LogP contribution in [0.3, 0.4) is 0 Å². The highest BCUT2D eigenvalue weighted by Crippen LogP contribution is 2.25. The smallest absolute Gasteiger partial charge is 0.0568 e. The summed E-state index contributed by atoms with van der Waals surface area (Å²) in [5.74, 6) is 0. The van der Waals surface area contributed by atoms with Crippen molar-refractivity contribution in [1.29, 1.82) is 0 Å². The van der Waals surface area contributed by atoms with Gasteiger partial charge in [-0.1, -0.05) is 30.7 Å². The van der Waals surface area contributed by atoms with Crippen LogP contribution >= 0.6 is 24.8 Å². The van der Waals surface area contributed by atoms with Crippen molar-refractivity contribution in [3.8, 4) is 11.1 Å². The number of halogens is 2. The molecule has 21 heavy (non-hydrogen) atoms. The van der Waals surface area contributed by atoms with E-state index in [1.165, 1.54) is 42.5 Å². The molecule has 2 heterocycles. The first-order chi connectivity index (χ1) is 9.33. The molecule has 0 saturated carbocycles. The van der Waals surface area contributed by atoms with Crippen LogP contribution in [-0.4, -0.2) is 22.4 Å². The largest absolute Gasteiger partial charge is 0.314 e. The van der Waals surface area contributed by atoms with E-state index >= 15 is 0 Å². The SMILES string of the molecule is Cl.Cl.Cn1cc(-c2ccccc2CC2CCCCN2)cn1. The van der Waals surface area contributed by atoms with Gasteiger partial charge in [0.1, 0.15) is 0 Å². The molecule has 2 aromatic rings. The van der Waals surface area contributed by atoms with Crippen LogP contribution in [0.2, 0.25) is 0 Å². The van der Waals surface area contributed by atoms with Gasteiger partial charge in [0.25, 0.3) is 0 Å². The Morgan fingerprint density at radius 2 is 2.05 bits per heavy atom. The molecular formula is C16H23Cl2N3. The number of rotatable bonds is 3. The van der Waals surface area contributed by atoms with Crippen molar-refractivity contribution in [3.63, 3.8) is 0 Å². The summed E-state index contributed by atoms with van der Waals surface area (Å²) < 4.78 is 1.87. The van der Waals surface area contributed by atoms with E-state index in [0.29, 0.717) is 6.04 Å². The lowest BCUT2D eigenvalue weighted by Crippen LogP contribution is -2.35. The number of hydrogen-bond acceptors (Lipinski definition) is 2. The van der Waals surface area contributed by atoms with Crippen LogP contribution in [-0.2, 0) is 13.5 Å². The predicted octanol–water partition coefficient (Wildman–Crippen LogP) is 3.62. The molecule has 1 unspecified atom stereocenters. The Kier molecular flexibility index (Phi) is 7.23. The minimum Gasteiger partial charge on any atom is -0.314 e. The van der Waals surface area contributed by atoms with Crippen molar-refractivity contribution in [3.05, 3.63) is 42.2 Å². The van der Waals surface area contributed by atoms with Gasteiger partial charge in [-0.2, -0.15) is 5.10 Å². The van der Waals surface area contributed by atoms with Gasteiger partial charge in [-0.05, 0) is 36.9 Å². The Morgan fingerprint density at radius 1 is 1.24 bits per heavy atom. The summed E-state index contributed by atoms with van der Waals surface area (Å²) in [6.07, 6.45) is 9.13. The lowest BCUT2D eigenvalue weighted by atomic mass is 9.93. The molecule has 0 amide bonds. The summed E-state index contributed by atoms with van der Waals surface area (Å²) in [5, 5.41) is 7.91. The topological polar surface area (TPSA) is 29.9 Å². The summed E-state index contributed by atoms with van der Waals surface area (Å²) in [4.78, 5) is 0. The fourth-order valence-electron chi connectivity index (χ4n) is 2.90. The lowest BCUT2D eigenvalue weighted by molar-refractivity contribution is 0.399. The molecule has 1 atom stereocenters. The Hall–Kier alpha value is -1.03. The summed E-state index contributed by atoms with van der Waals surface area (Å²) in [5.41, 5.74) is 3.96. The Labute approximate surface area is 139 Å². The van der Waals surface area contributed by atoms with E-state index < -0.39 is 0 Å². The highest BCUT2D eigenvalue weighted by Gasteiger charge is 2.15. The quantitative estimate of drug-likeness (QED) is 0.933. The third-order valence-corrected chi connectivity index (χ3v) is 3.91. The molecule has 3 rings (SSSR count). The zero-order valence-corrected chi connectivity index (χ0v) is 13.9. The second-order valence-electron chi connectivity index (χ2n) is 5.41. The third kappa shape index (κ3) is 4.47. The van der Waals surface area contributed by atoms with E-state index in [9.17, 15) is 0 Å². The molecule has 0 radical (unpaired) electrons. The molecule has 1 aliphatic rings. The van der Waals surface area contributed by atoms with Crippen molar-refractivity contribution in [1.82, 2.24) is 15.1 Å². The molecule has 0 aliphatic carbocycles. The minimum atomic E-state index is 0. The van der Waals surface area contributed by atoms with Crippen molar-refractivity contribution >= 4 is 24.8 Å². The van der Waals surface area contributed by atoms with E-state index in [-0.39, 0.29) is 24.8 Å². The average molecular weight is 328 g/mol. The van der Waals surface area contributed by atoms with Gasteiger partial charge < -0.3 is 5.32 Å². The highest BCUT2D eigenvalue weighted by atomic mass is 35.5. The van der Waals surface area contributed by atoms with Crippen molar-refractivity contribution in [2.24, 2.45) is 7.05 Å². The normalized spacial score (nSPS) is 17.7. The minimum absolute atomic E-state index is 0. The summed E-state index contributed by atoms with van der Waals surface area (Å²) in [6, 6.07) is 9.33. The number of aryl methyl sites for hydroxylation is 1. The highest BCUT2D eigenvalue weighted by molar-refractivity contribution is 5.85. The number of piperidine rings is 1. The maximum absolute atomic E-state index is 4.28. The fourth-order valence-corrected chi connectivity index (χ4v) is 2.90. The average Bonchev–Trinajstić information content (AvgIpc) is 2.87. The van der Waals surface area contributed by atoms with E-state index in [2.05, 4.69) is 40.9 Å². The molecule has 1 aliphatic heterocycles. The molecular weight excluding hydrogens is 305 g/mol. The van der Waals surface area contributed by atoms with Crippen molar-refractivity contribution < 1.29 is 0 Å². The maximum atomic E-state index is 4.28. The van der Waals surface area contributed by atoms with Gasteiger partial charge in [-0.15, -0.1) is 24.8 Å². The van der Waals surface area contributed by atoms with Crippen LogP contribution < -0.4 is 5.32 Å². The Balaban J connectivity index is 0.00000110. The third-order valence-electron chi connectivity index (χ3n) is 3.91. The summed E-state index contributed by atoms with van der Waals surface area (Å²) >= 11 is 0. The van der Waals surface area contributed by atoms with Crippen LogP contribution in [0.4, 0.5) is 0 Å². The van der Waals surface area contributed by atoms with Crippen molar-refractivity contribution in [2.75, 3.05) is 6.54 Å². The molecule has 1 aromatic carbocycles. The van der Waals surface area contributed by atoms with Gasteiger partial charge in [0.05, 0.1) is 6.20 Å². The zero-order valence-electron chi connectivity index (χ0n) is 12.3. The zero-order chi connectivity index (χ0) is 13.1. The maximum Gasteiger partial charge on any atom is 0.0568 e. The van der Waals surface area contributed by atoms with Gasteiger partial charge in [0, 0.05) is 24.8 Å². The standard InChI is InChI=1S/C16H21N3.2ClH/c1-19-12-14(11-18-19)16-8-3-2-6-13(16)10-15-7-4-5-9-17-15;;/h2-3,6,8,11-12,15,17H,4-5,7,9-10H2,1H3;2*1H. The number of nitrogens with one attached hydrogen (secondary N) is 1. The number of benzene rings is 1. The van der Waals surface area contributed by atoms with Crippen LogP contribution in [0.5, 0.6) is 0 Å². The molecule has 116 valence electrons. The van der Waals surface area contributed by atoms with Gasteiger partial charge in [0.15, 0.2) is 0 Å². The molecule has 1 fully saturated rings. The van der Waals surface area contributed by atoms with E-state index in [4.69, 9.17) is 0 Å². The number of hydrogen-bond donors (Lipinski definition) is 1. The first-order valence-electron chi connectivity index (χ1n) is 7.13. The van der Waals surface area contributed by atoms with Crippen LogP contribution in [0, 0.1) is 0 Å². The summed E-state index contributed by atoms with van der Waals surface area (Å²) in [7, 11) is 1.97. The van der Waals surface area contributed by atoms with Crippen LogP contribution in [0.25, 0.3) is 11.1 Å². The first-order valence-corrected chi connectivity index (χ1v) is 7.13. The van der Waals surface area contributed by atoms with Crippen LogP contribution in [0.1, 0.15) is 24.8 Å². The molecule has 3 nitrogen and oxygen atoms in total. The van der Waals surface area contributed by atoms with Crippen molar-refractivity contribution in [2.45, 2.75) is 31.7 Å². The van der Waals surface area contributed by atoms with E-state index in [1.807, 2.05) is 17.9 Å². The number of nitrogens with zero attached hydrogens (tertiary/aromatic N) is 2. The second-order valence-corrected chi connectivity index (χ2v) is 5.41. The summed E-state index contributed by atoms with van der Waals surface area (Å²) in [6.45, 7) is 1.17. The monoisotopic (exact) mass is 327 g/mol. The molecule has 1 aromatic heterocycles. The predicted molar refractivity (Wildman–Crippen MR) is 92.5 cm³/mol. The Morgan fingerprint density at radius 3 is 2.71 bits per heavy atom. The second kappa shape index (κ2) is 8.42. The molecule has 0 spiro atoms. The van der Waals surface area contributed by atoms with Gasteiger partial charge in [-0.25, -0.2) is 0 Å². The van der Waals surface area contributed by atoms with Crippen LogP contribution in [0.15, 0.2) is 36.7 Å². The van der Waals surface area contributed by atoms with Gasteiger partial charge in [0.2, 0.25) is 0 Å². The van der Waals surface area contributed by atoms with Gasteiger partial charge >= 0.3 is 0 Å². The fraction of sp³-hybridized carbons (Fsp3) is 0.438.